The highest BCUT2D eigenvalue weighted by Gasteiger charge is 2.09. The highest BCUT2D eigenvalue weighted by Crippen LogP contribution is 2.19. The number of imidazole rings is 1. The van der Waals surface area contributed by atoms with Gasteiger partial charge in [-0.2, -0.15) is 8.78 Å². The Labute approximate surface area is 190 Å². The van der Waals surface area contributed by atoms with Crippen molar-refractivity contribution >= 4 is 29.9 Å². The molecule has 160 valence electrons. The molecule has 0 bridgehead atoms. The fraction of sp³-hybridized carbons (Fsp3) is 0.250. The number of alkyl halides is 2. The molecule has 7 nitrogen and oxygen atoms in total. The van der Waals surface area contributed by atoms with Crippen molar-refractivity contribution in [2.75, 3.05) is 7.05 Å². The second-order valence-electron chi connectivity index (χ2n) is 6.13. The van der Waals surface area contributed by atoms with Gasteiger partial charge < -0.3 is 15.4 Å². The summed E-state index contributed by atoms with van der Waals surface area (Å²) in [6, 6.07) is 10.5. The third-order valence-corrected chi connectivity index (χ3v) is 4.20. The van der Waals surface area contributed by atoms with Crippen molar-refractivity contribution in [1.29, 1.82) is 0 Å². The van der Waals surface area contributed by atoms with Gasteiger partial charge in [0.05, 0.1) is 0 Å². The molecule has 1 aromatic carbocycles. The fourth-order valence-corrected chi connectivity index (χ4v) is 2.73. The minimum Gasteiger partial charge on any atom is -0.434 e. The summed E-state index contributed by atoms with van der Waals surface area (Å²) in [6.07, 6.45) is 5.37. The molecule has 3 aromatic rings. The van der Waals surface area contributed by atoms with Crippen LogP contribution in [0.5, 0.6) is 5.75 Å². The third kappa shape index (κ3) is 6.37. The van der Waals surface area contributed by atoms with Crippen molar-refractivity contribution in [1.82, 2.24) is 25.2 Å². The number of benzene rings is 1. The maximum Gasteiger partial charge on any atom is 0.387 e. The second-order valence-corrected chi connectivity index (χ2v) is 6.13. The van der Waals surface area contributed by atoms with E-state index in [4.69, 9.17) is 0 Å². The van der Waals surface area contributed by atoms with Crippen molar-refractivity contribution in [2.24, 2.45) is 4.99 Å². The zero-order valence-corrected chi connectivity index (χ0v) is 18.9. The lowest BCUT2D eigenvalue weighted by molar-refractivity contribution is -0.0504. The molecule has 0 aliphatic rings. The lowest BCUT2D eigenvalue weighted by atomic mass is 10.2. The molecule has 0 fully saturated rings. The van der Waals surface area contributed by atoms with Gasteiger partial charge in [0, 0.05) is 44.3 Å². The van der Waals surface area contributed by atoms with Crippen molar-refractivity contribution < 1.29 is 13.5 Å². The van der Waals surface area contributed by atoms with Gasteiger partial charge in [0.25, 0.3) is 0 Å². The Morgan fingerprint density at radius 3 is 2.53 bits per heavy atom. The van der Waals surface area contributed by atoms with Crippen molar-refractivity contribution in [3.05, 3.63) is 71.9 Å². The van der Waals surface area contributed by atoms with Gasteiger partial charge in [0.15, 0.2) is 5.96 Å². The monoisotopic (exact) mass is 528 g/mol. The van der Waals surface area contributed by atoms with Gasteiger partial charge in [0.2, 0.25) is 0 Å². The number of ether oxygens (including phenoxy) is 1. The van der Waals surface area contributed by atoms with E-state index in [2.05, 4.69) is 30.3 Å². The minimum atomic E-state index is -2.87. The smallest absolute Gasteiger partial charge is 0.387 e. The van der Waals surface area contributed by atoms with Gasteiger partial charge in [-0.1, -0.05) is 24.3 Å². The molecule has 2 heterocycles. The lowest BCUT2D eigenvalue weighted by Crippen LogP contribution is -2.36. The molecule has 0 aliphatic carbocycles. The first-order valence-electron chi connectivity index (χ1n) is 8.99. The number of aromatic nitrogens is 3. The summed E-state index contributed by atoms with van der Waals surface area (Å²) in [5.74, 6) is 2.33. The predicted octanol–water partition coefficient (Wildman–Crippen LogP) is 3.66. The van der Waals surface area contributed by atoms with E-state index < -0.39 is 6.61 Å². The van der Waals surface area contributed by atoms with Crippen LogP contribution in [0.4, 0.5) is 8.78 Å². The van der Waals surface area contributed by atoms with Crippen LogP contribution in [-0.2, 0) is 13.1 Å². The Hall–Kier alpha value is -2.76. The van der Waals surface area contributed by atoms with Crippen molar-refractivity contribution in [3.63, 3.8) is 0 Å². The first kappa shape index (κ1) is 23.5. The molecule has 0 spiro atoms. The summed E-state index contributed by atoms with van der Waals surface area (Å²) in [5, 5.41) is 6.26. The average molecular weight is 528 g/mol. The van der Waals surface area contributed by atoms with Crippen LogP contribution in [0.25, 0.3) is 5.82 Å². The summed E-state index contributed by atoms with van der Waals surface area (Å²) in [5.41, 5.74) is 1.58. The van der Waals surface area contributed by atoms with Gasteiger partial charge >= 0.3 is 6.61 Å². The molecule has 0 aliphatic heterocycles. The largest absolute Gasteiger partial charge is 0.434 e. The standard InChI is InChI=1S/C20H22F2N6O.HI/c1-14-24-9-10-28(14)18-8-7-15(11-25-18)12-26-20(23-2)27-13-16-5-3-4-6-17(16)29-19(21)22;/h3-11,19H,12-13H2,1-2H3,(H2,23,26,27);1H. The Morgan fingerprint density at radius 1 is 1.13 bits per heavy atom. The Balaban J connectivity index is 0.00000320. The van der Waals surface area contributed by atoms with Gasteiger partial charge in [-0.3, -0.25) is 9.56 Å². The zero-order valence-electron chi connectivity index (χ0n) is 16.5. The Bertz CT molecular complexity index is 962. The maximum atomic E-state index is 12.5. The molecule has 30 heavy (non-hydrogen) atoms. The number of nitrogens with one attached hydrogen (secondary N) is 2. The number of hydrogen-bond donors (Lipinski definition) is 2. The van der Waals surface area contributed by atoms with Gasteiger partial charge in [0.1, 0.15) is 17.4 Å². The fourth-order valence-electron chi connectivity index (χ4n) is 2.73. The first-order valence-corrected chi connectivity index (χ1v) is 8.99. The number of guanidine groups is 1. The number of rotatable bonds is 7. The molecule has 10 heteroatoms. The number of halogens is 3. The van der Waals surface area contributed by atoms with E-state index in [0.29, 0.717) is 24.6 Å². The van der Waals surface area contributed by atoms with E-state index in [1.54, 1.807) is 37.6 Å². The van der Waals surface area contributed by atoms with E-state index in [1.165, 1.54) is 6.07 Å². The maximum absolute atomic E-state index is 12.5. The normalized spacial score (nSPS) is 11.2. The van der Waals surface area contributed by atoms with E-state index in [9.17, 15) is 8.78 Å². The van der Waals surface area contributed by atoms with Crippen molar-refractivity contribution in [2.45, 2.75) is 26.6 Å². The number of aliphatic imine (C=N–C) groups is 1. The molecular formula is C20H23F2IN6O. The number of nitrogens with zero attached hydrogens (tertiary/aromatic N) is 4. The lowest BCUT2D eigenvalue weighted by Gasteiger charge is -2.14. The second kappa shape index (κ2) is 11.4. The minimum absolute atomic E-state index is 0. The van der Waals surface area contributed by atoms with Gasteiger partial charge in [-0.05, 0) is 24.6 Å². The van der Waals surface area contributed by atoms with E-state index in [1.807, 2.05) is 29.8 Å². The Kier molecular flexibility index (Phi) is 8.96. The molecular weight excluding hydrogens is 505 g/mol. The zero-order chi connectivity index (χ0) is 20.6. The summed E-state index contributed by atoms with van der Waals surface area (Å²) in [7, 11) is 1.64. The third-order valence-electron chi connectivity index (χ3n) is 4.20. The molecule has 0 atom stereocenters. The van der Waals surface area contributed by atoms with Crippen LogP contribution in [0.15, 0.2) is 60.0 Å². The summed E-state index contributed by atoms with van der Waals surface area (Å²) >= 11 is 0. The van der Waals surface area contributed by atoms with Crippen LogP contribution in [0, 0.1) is 6.92 Å². The average Bonchev–Trinajstić information content (AvgIpc) is 3.15. The Morgan fingerprint density at radius 2 is 1.90 bits per heavy atom. The summed E-state index contributed by atoms with van der Waals surface area (Å²) < 4.78 is 31.5. The SMILES string of the molecule is CN=C(NCc1ccc(-n2ccnc2C)nc1)NCc1ccccc1OC(F)F.I. The molecule has 0 unspecified atom stereocenters. The summed E-state index contributed by atoms with van der Waals surface area (Å²) in [6.45, 7) is -0.155. The predicted molar refractivity (Wildman–Crippen MR) is 122 cm³/mol. The van der Waals surface area contributed by atoms with Crippen LogP contribution in [-0.4, -0.2) is 34.2 Å². The van der Waals surface area contributed by atoms with Crippen LogP contribution >= 0.6 is 24.0 Å². The first-order chi connectivity index (χ1) is 14.1. The van der Waals surface area contributed by atoms with Crippen LogP contribution in [0.3, 0.4) is 0 Å². The van der Waals surface area contributed by atoms with Crippen LogP contribution in [0.1, 0.15) is 17.0 Å². The number of para-hydroxylation sites is 1. The number of pyridine rings is 1. The molecule has 0 amide bonds. The molecule has 0 saturated heterocycles. The number of hydrogen-bond acceptors (Lipinski definition) is 4. The molecule has 0 radical (unpaired) electrons. The molecule has 3 rings (SSSR count). The van der Waals surface area contributed by atoms with Gasteiger partial charge in [-0.25, -0.2) is 9.97 Å². The highest BCUT2D eigenvalue weighted by atomic mass is 127. The van der Waals surface area contributed by atoms with E-state index in [0.717, 1.165) is 17.2 Å². The molecule has 0 saturated carbocycles. The van der Waals surface area contributed by atoms with E-state index >= 15 is 0 Å². The van der Waals surface area contributed by atoms with Gasteiger partial charge in [-0.15, -0.1) is 24.0 Å². The topological polar surface area (TPSA) is 76.4 Å². The molecule has 2 aromatic heterocycles. The van der Waals surface area contributed by atoms with Crippen molar-refractivity contribution in [3.8, 4) is 11.6 Å². The number of aryl methyl sites for hydroxylation is 1. The van der Waals surface area contributed by atoms with Crippen LogP contribution in [0.2, 0.25) is 0 Å². The highest BCUT2D eigenvalue weighted by molar-refractivity contribution is 14.0. The quantitative estimate of drug-likeness (QED) is 0.278. The molecule has 2 N–H and O–H groups in total. The van der Waals surface area contributed by atoms with E-state index in [-0.39, 0.29) is 29.7 Å². The van der Waals surface area contributed by atoms with Crippen LogP contribution < -0.4 is 15.4 Å². The summed E-state index contributed by atoms with van der Waals surface area (Å²) in [4.78, 5) is 12.8.